The lowest BCUT2D eigenvalue weighted by molar-refractivity contribution is 0.0664. The van der Waals surface area contributed by atoms with Crippen LogP contribution in [0.2, 0.25) is 5.02 Å². The van der Waals surface area contributed by atoms with Crippen molar-refractivity contribution in [1.82, 2.24) is 9.80 Å². The van der Waals surface area contributed by atoms with E-state index in [1.807, 2.05) is 18.9 Å². The summed E-state index contributed by atoms with van der Waals surface area (Å²) in [5.74, 6) is 0.677. The highest BCUT2D eigenvalue weighted by Gasteiger charge is 2.22. The van der Waals surface area contributed by atoms with Crippen LogP contribution in [0, 0.1) is 0 Å². The number of halogens is 1. The van der Waals surface area contributed by atoms with Crippen LogP contribution in [0.4, 0.5) is 5.69 Å². The Bertz CT molecular complexity index is 990. The maximum Gasteiger partial charge on any atom is 0.255 e. The van der Waals surface area contributed by atoms with Gasteiger partial charge in [0.2, 0.25) is 0 Å². The van der Waals surface area contributed by atoms with Crippen molar-refractivity contribution in [3.8, 4) is 17.2 Å². The second kappa shape index (κ2) is 10.6. The van der Waals surface area contributed by atoms with Crippen LogP contribution in [0.3, 0.4) is 0 Å². The van der Waals surface area contributed by atoms with Crippen LogP contribution in [0.5, 0.6) is 17.2 Å². The first kappa shape index (κ1) is 23.7. The maximum absolute atomic E-state index is 13.0. The SMILES string of the molecule is CCOc1c(Cl)cc(C(=O)Nc2cc(C(=O)N3CCN(C)CC3)ccc2OC)cc1OC. The number of rotatable bonds is 7. The molecular weight excluding hydrogens is 434 g/mol. The van der Waals surface area contributed by atoms with Gasteiger partial charge < -0.3 is 29.3 Å². The van der Waals surface area contributed by atoms with Crippen molar-refractivity contribution in [1.29, 1.82) is 0 Å². The number of piperazine rings is 1. The monoisotopic (exact) mass is 461 g/mol. The zero-order valence-corrected chi connectivity index (χ0v) is 19.5. The van der Waals surface area contributed by atoms with Crippen LogP contribution in [0.1, 0.15) is 27.6 Å². The van der Waals surface area contributed by atoms with E-state index in [2.05, 4.69) is 10.2 Å². The first-order chi connectivity index (χ1) is 15.4. The summed E-state index contributed by atoms with van der Waals surface area (Å²) >= 11 is 6.30. The molecule has 0 bridgehead atoms. The summed E-state index contributed by atoms with van der Waals surface area (Å²) in [5.41, 5.74) is 1.16. The number of nitrogens with zero attached hydrogens (tertiary/aromatic N) is 2. The van der Waals surface area contributed by atoms with Gasteiger partial charge >= 0.3 is 0 Å². The van der Waals surface area contributed by atoms with Gasteiger partial charge in [-0.15, -0.1) is 0 Å². The molecule has 0 aromatic heterocycles. The van der Waals surface area contributed by atoms with E-state index in [0.717, 1.165) is 13.1 Å². The molecule has 2 amide bonds. The van der Waals surface area contributed by atoms with Crippen LogP contribution in [0.15, 0.2) is 30.3 Å². The molecule has 0 unspecified atom stereocenters. The summed E-state index contributed by atoms with van der Waals surface area (Å²) in [4.78, 5) is 29.9. The fourth-order valence-corrected chi connectivity index (χ4v) is 3.73. The minimum absolute atomic E-state index is 0.0815. The Morgan fingerprint density at radius 3 is 2.31 bits per heavy atom. The Labute approximate surface area is 193 Å². The average molecular weight is 462 g/mol. The molecule has 2 aromatic rings. The highest BCUT2D eigenvalue weighted by Crippen LogP contribution is 2.37. The molecule has 9 heteroatoms. The second-order valence-corrected chi connectivity index (χ2v) is 7.79. The van der Waals surface area contributed by atoms with Gasteiger partial charge in [-0.25, -0.2) is 0 Å². The molecule has 172 valence electrons. The third-order valence-corrected chi connectivity index (χ3v) is 5.55. The Morgan fingerprint density at radius 2 is 1.69 bits per heavy atom. The summed E-state index contributed by atoms with van der Waals surface area (Å²) in [6.07, 6.45) is 0. The van der Waals surface area contributed by atoms with Gasteiger partial charge in [0.25, 0.3) is 11.8 Å². The molecule has 3 rings (SSSR count). The molecule has 2 aromatic carbocycles. The van der Waals surface area contributed by atoms with Crippen molar-refractivity contribution < 1.29 is 23.8 Å². The van der Waals surface area contributed by atoms with Crippen molar-refractivity contribution >= 4 is 29.1 Å². The summed E-state index contributed by atoms with van der Waals surface area (Å²) in [5, 5.41) is 3.08. The number of benzene rings is 2. The molecule has 0 atom stereocenters. The van der Waals surface area contributed by atoms with Crippen molar-refractivity contribution in [2.24, 2.45) is 0 Å². The molecule has 1 aliphatic rings. The zero-order valence-electron chi connectivity index (χ0n) is 18.7. The number of methoxy groups -OCH3 is 2. The molecule has 0 spiro atoms. The first-order valence-electron chi connectivity index (χ1n) is 10.4. The number of hydrogen-bond donors (Lipinski definition) is 1. The number of anilines is 1. The Morgan fingerprint density at radius 1 is 1.00 bits per heavy atom. The fourth-order valence-electron chi connectivity index (χ4n) is 3.46. The summed E-state index contributed by atoms with van der Waals surface area (Å²) in [6, 6.07) is 8.06. The van der Waals surface area contributed by atoms with Crippen LogP contribution in [-0.2, 0) is 0 Å². The fraction of sp³-hybridized carbons (Fsp3) is 0.391. The number of likely N-dealkylation sites (N-methyl/N-ethyl adjacent to an activating group) is 1. The second-order valence-electron chi connectivity index (χ2n) is 7.39. The summed E-state index contributed by atoms with van der Waals surface area (Å²) < 4.78 is 16.2. The van der Waals surface area contributed by atoms with Crippen molar-refractivity contribution in [2.45, 2.75) is 6.92 Å². The van der Waals surface area contributed by atoms with E-state index in [-0.39, 0.29) is 16.5 Å². The lowest BCUT2D eigenvalue weighted by Gasteiger charge is -2.32. The highest BCUT2D eigenvalue weighted by atomic mass is 35.5. The molecule has 8 nitrogen and oxygen atoms in total. The molecule has 32 heavy (non-hydrogen) atoms. The van der Waals surface area contributed by atoms with Crippen molar-refractivity contribution in [2.75, 3.05) is 59.4 Å². The number of hydrogen-bond acceptors (Lipinski definition) is 6. The summed E-state index contributed by atoms with van der Waals surface area (Å²) in [7, 11) is 5.01. The van der Waals surface area contributed by atoms with Gasteiger partial charge in [0.15, 0.2) is 11.5 Å². The van der Waals surface area contributed by atoms with Crippen LogP contribution < -0.4 is 19.5 Å². The molecule has 0 saturated carbocycles. The van der Waals surface area contributed by atoms with E-state index < -0.39 is 5.91 Å². The van der Waals surface area contributed by atoms with Crippen molar-refractivity contribution in [3.63, 3.8) is 0 Å². The van der Waals surface area contributed by atoms with Gasteiger partial charge in [0.1, 0.15) is 5.75 Å². The third kappa shape index (κ3) is 5.26. The quantitative estimate of drug-likeness (QED) is 0.680. The number of carbonyl (C=O) groups excluding carboxylic acids is 2. The minimum Gasteiger partial charge on any atom is -0.495 e. The lowest BCUT2D eigenvalue weighted by Crippen LogP contribution is -2.47. The minimum atomic E-state index is -0.421. The predicted octanol–water partition coefficient (Wildman–Crippen LogP) is 3.40. The van der Waals surface area contributed by atoms with Gasteiger partial charge in [0.05, 0.1) is 31.5 Å². The lowest BCUT2D eigenvalue weighted by atomic mass is 10.1. The van der Waals surface area contributed by atoms with Crippen LogP contribution >= 0.6 is 11.6 Å². The van der Waals surface area contributed by atoms with E-state index in [1.165, 1.54) is 20.3 Å². The topological polar surface area (TPSA) is 80.3 Å². The van der Waals surface area contributed by atoms with Gasteiger partial charge in [-0.3, -0.25) is 9.59 Å². The predicted molar refractivity (Wildman–Crippen MR) is 124 cm³/mol. The molecular formula is C23H28ClN3O5. The Balaban J connectivity index is 1.84. The Kier molecular flexibility index (Phi) is 7.82. The van der Waals surface area contributed by atoms with E-state index in [0.29, 0.717) is 48.2 Å². The molecule has 1 heterocycles. The molecule has 1 aliphatic heterocycles. The van der Waals surface area contributed by atoms with E-state index in [4.69, 9.17) is 25.8 Å². The molecule has 0 aliphatic carbocycles. The normalized spacial score (nSPS) is 14.1. The van der Waals surface area contributed by atoms with E-state index in [9.17, 15) is 9.59 Å². The molecule has 1 N–H and O–H groups in total. The van der Waals surface area contributed by atoms with Crippen molar-refractivity contribution in [3.05, 3.63) is 46.5 Å². The number of carbonyl (C=O) groups is 2. The molecule has 1 fully saturated rings. The number of ether oxygens (including phenoxy) is 3. The number of amides is 2. The average Bonchev–Trinajstić information content (AvgIpc) is 2.80. The largest absolute Gasteiger partial charge is 0.495 e. The summed E-state index contributed by atoms with van der Waals surface area (Å²) in [6.45, 7) is 5.21. The first-order valence-corrected chi connectivity index (χ1v) is 10.7. The van der Waals surface area contributed by atoms with Crippen LogP contribution in [0.25, 0.3) is 0 Å². The molecule has 1 saturated heterocycles. The standard InChI is InChI=1S/C23H28ClN3O5/c1-5-32-21-17(24)12-16(14-20(21)31-4)22(28)25-18-13-15(6-7-19(18)30-3)23(29)27-10-8-26(2)9-11-27/h6-7,12-14H,5,8-11H2,1-4H3,(H,25,28). The van der Waals surface area contributed by atoms with Gasteiger partial charge in [-0.1, -0.05) is 11.6 Å². The smallest absolute Gasteiger partial charge is 0.255 e. The Hall–Kier alpha value is -2.97. The zero-order chi connectivity index (χ0) is 23.3. The van der Waals surface area contributed by atoms with E-state index in [1.54, 1.807) is 24.3 Å². The van der Waals surface area contributed by atoms with Gasteiger partial charge in [0, 0.05) is 37.3 Å². The molecule has 0 radical (unpaired) electrons. The van der Waals surface area contributed by atoms with E-state index >= 15 is 0 Å². The number of nitrogens with one attached hydrogen (secondary N) is 1. The van der Waals surface area contributed by atoms with Crippen LogP contribution in [-0.4, -0.2) is 75.7 Å². The third-order valence-electron chi connectivity index (χ3n) is 5.27. The maximum atomic E-state index is 13.0. The highest BCUT2D eigenvalue weighted by molar-refractivity contribution is 6.32. The van der Waals surface area contributed by atoms with Gasteiger partial charge in [-0.2, -0.15) is 0 Å². The van der Waals surface area contributed by atoms with Gasteiger partial charge in [-0.05, 0) is 44.3 Å².